The lowest BCUT2D eigenvalue weighted by Gasteiger charge is -2.03. The molecule has 110 valence electrons. The van der Waals surface area contributed by atoms with Crippen molar-refractivity contribution in [3.05, 3.63) is 64.1 Å². The van der Waals surface area contributed by atoms with Crippen LogP contribution in [0, 0.1) is 6.92 Å². The van der Waals surface area contributed by atoms with E-state index in [1.54, 1.807) is 24.3 Å². The molecule has 0 heterocycles. The summed E-state index contributed by atoms with van der Waals surface area (Å²) in [5.41, 5.74) is 2.06. The first-order chi connectivity index (χ1) is 9.97. The van der Waals surface area contributed by atoms with Gasteiger partial charge in [-0.05, 0) is 36.8 Å². The smallest absolute Gasteiger partial charge is 0.200 e. The third kappa shape index (κ3) is 4.68. The van der Waals surface area contributed by atoms with E-state index in [1.165, 1.54) is 6.21 Å². The maximum Gasteiger partial charge on any atom is 0.276 e. The molecular weight excluding hydrogens is 352 g/mol. The third-order valence-electron chi connectivity index (χ3n) is 2.84. The highest BCUT2D eigenvalue weighted by Gasteiger charge is 2.11. The Kier molecular flexibility index (Phi) is 5.14. The normalized spacial score (nSPS) is 11.7. The zero-order valence-electron chi connectivity index (χ0n) is 11.5. The number of hydrazone groups is 1. The van der Waals surface area contributed by atoms with Crippen LogP contribution < -0.4 is 4.83 Å². The molecule has 0 aliphatic heterocycles. The molecule has 2 aromatic carbocycles. The molecule has 0 atom stereocenters. The van der Waals surface area contributed by atoms with Crippen LogP contribution in [-0.2, 0) is 16.4 Å². The van der Waals surface area contributed by atoms with Crippen LogP contribution in [0.15, 0.2) is 63.0 Å². The molecule has 6 heteroatoms. The van der Waals surface area contributed by atoms with E-state index < -0.39 is 10.0 Å². The molecule has 0 unspecified atom stereocenters. The van der Waals surface area contributed by atoms with Crippen molar-refractivity contribution < 1.29 is 8.42 Å². The monoisotopic (exact) mass is 366 g/mol. The lowest BCUT2D eigenvalue weighted by molar-refractivity contribution is 0.584. The number of hydrogen-bond donors (Lipinski definition) is 1. The van der Waals surface area contributed by atoms with Crippen LogP contribution >= 0.6 is 15.9 Å². The van der Waals surface area contributed by atoms with Crippen LogP contribution in [0.1, 0.15) is 11.1 Å². The number of sulfonamides is 1. The van der Waals surface area contributed by atoms with Crippen LogP contribution in [0.2, 0.25) is 0 Å². The van der Waals surface area contributed by atoms with Crippen molar-refractivity contribution in [1.82, 2.24) is 4.83 Å². The summed E-state index contributed by atoms with van der Waals surface area (Å²) in [4.78, 5) is 2.41. The number of nitrogens with one attached hydrogen (secondary N) is 1. The standard InChI is InChI=1S/C15H15BrN2O2S/c1-12-2-8-15(9-3-12)21(19,20)18-17-11-10-13-4-6-14(16)7-5-13/h2-9,11,18H,10H2,1H3. The highest BCUT2D eigenvalue weighted by atomic mass is 79.9. The number of nitrogens with zero attached hydrogens (tertiary/aromatic N) is 1. The molecule has 0 aromatic heterocycles. The summed E-state index contributed by atoms with van der Waals surface area (Å²) in [7, 11) is -3.59. The molecule has 0 bridgehead atoms. The first-order valence-corrected chi connectivity index (χ1v) is 8.59. The van der Waals surface area contributed by atoms with Gasteiger partial charge in [-0.2, -0.15) is 13.5 Å². The summed E-state index contributed by atoms with van der Waals surface area (Å²) in [5.74, 6) is 0. The van der Waals surface area contributed by atoms with E-state index >= 15 is 0 Å². The topological polar surface area (TPSA) is 58.5 Å². The highest BCUT2D eigenvalue weighted by molar-refractivity contribution is 9.10. The predicted octanol–water partition coefficient (Wildman–Crippen LogP) is 3.26. The van der Waals surface area contributed by atoms with Crippen molar-refractivity contribution in [2.75, 3.05) is 0 Å². The minimum atomic E-state index is -3.59. The zero-order valence-corrected chi connectivity index (χ0v) is 13.9. The number of hydrogen-bond acceptors (Lipinski definition) is 3. The minimum Gasteiger partial charge on any atom is -0.200 e. The molecule has 0 radical (unpaired) electrons. The summed E-state index contributed by atoms with van der Waals surface area (Å²) in [6.45, 7) is 1.90. The highest BCUT2D eigenvalue weighted by Crippen LogP contribution is 2.11. The van der Waals surface area contributed by atoms with Crippen molar-refractivity contribution in [2.45, 2.75) is 18.2 Å². The van der Waals surface area contributed by atoms with Gasteiger partial charge < -0.3 is 0 Å². The van der Waals surface area contributed by atoms with Gasteiger partial charge in [-0.3, -0.25) is 0 Å². The maximum atomic E-state index is 12.0. The van der Waals surface area contributed by atoms with Gasteiger partial charge >= 0.3 is 0 Å². The van der Waals surface area contributed by atoms with Crippen molar-refractivity contribution in [3.8, 4) is 0 Å². The lowest BCUT2D eigenvalue weighted by atomic mass is 10.2. The molecule has 0 aliphatic carbocycles. The van der Waals surface area contributed by atoms with Gasteiger partial charge in [0.1, 0.15) is 0 Å². The molecule has 21 heavy (non-hydrogen) atoms. The first-order valence-electron chi connectivity index (χ1n) is 6.32. The van der Waals surface area contributed by atoms with E-state index in [0.29, 0.717) is 6.42 Å². The number of aryl methyl sites for hydroxylation is 1. The predicted molar refractivity (Wildman–Crippen MR) is 87.8 cm³/mol. The average Bonchev–Trinajstić information content (AvgIpc) is 2.46. The van der Waals surface area contributed by atoms with Crippen LogP contribution in [0.4, 0.5) is 0 Å². The molecule has 0 spiro atoms. The Morgan fingerprint density at radius 3 is 2.33 bits per heavy atom. The Labute approximate surface area is 133 Å². The zero-order chi connectivity index (χ0) is 15.3. The van der Waals surface area contributed by atoms with Gasteiger partial charge in [0.05, 0.1) is 4.90 Å². The van der Waals surface area contributed by atoms with Gasteiger partial charge in [-0.1, -0.05) is 45.8 Å². The van der Waals surface area contributed by atoms with E-state index in [4.69, 9.17) is 0 Å². The number of benzene rings is 2. The Morgan fingerprint density at radius 1 is 1.10 bits per heavy atom. The van der Waals surface area contributed by atoms with Gasteiger partial charge in [-0.25, -0.2) is 4.83 Å². The van der Waals surface area contributed by atoms with E-state index in [-0.39, 0.29) is 4.90 Å². The van der Waals surface area contributed by atoms with Crippen LogP contribution in [-0.4, -0.2) is 14.6 Å². The summed E-state index contributed by atoms with van der Waals surface area (Å²) >= 11 is 3.36. The molecule has 0 aliphatic rings. The molecular formula is C15H15BrN2O2S. The Balaban J connectivity index is 1.96. The molecule has 4 nitrogen and oxygen atoms in total. The molecule has 0 amide bonds. The van der Waals surface area contributed by atoms with E-state index in [0.717, 1.165) is 15.6 Å². The second-order valence-corrected chi connectivity index (χ2v) is 7.13. The quantitative estimate of drug-likeness (QED) is 0.651. The Hall–Kier alpha value is -1.66. The van der Waals surface area contributed by atoms with Gasteiger partial charge in [0.15, 0.2) is 0 Å². The molecule has 0 saturated carbocycles. The summed E-state index contributed by atoms with van der Waals surface area (Å²) in [6, 6.07) is 14.4. The van der Waals surface area contributed by atoms with Crippen LogP contribution in [0.3, 0.4) is 0 Å². The van der Waals surface area contributed by atoms with Crippen LogP contribution in [0.25, 0.3) is 0 Å². The number of halogens is 1. The average molecular weight is 367 g/mol. The fourth-order valence-corrected chi connectivity index (χ4v) is 2.73. The SMILES string of the molecule is Cc1ccc(S(=O)(=O)NN=CCc2ccc(Br)cc2)cc1. The fraction of sp³-hybridized carbons (Fsp3) is 0.133. The molecule has 0 fully saturated rings. The van der Waals surface area contributed by atoms with Crippen molar-refractivity contribution in [3.63, 3.8) is 0 Å². The van der Waals surface area contributed by atoms with Gasteiger partial charge in [0, 0.05) is 17.1 Å². The largest absolute Gasteiger partial charge is 0.276 e. The summed E-state index contributed by atoms with van der Waals surface area (Å²) < 4.78 is 24.9. The van der Waals surface area contributed by atoms with E-state index in [9.17, 15) is 8.42 Å². The van der Waals surface area contributed by atoms with Crippen molar-refractivity contribution in [2.24, 2.45) is 5.10 Å². The Bertz CT molecular complexity index is 723. The van der Waals surface area contributed by atoms with Crippen molar-refractivity contribution >= 4 is 32.2 Å². The van der Waals surface area contributed by atoms with E-state index in [1.807, 2.05) is 31.2 Å². The minimum absolute atomic E-state index is 0.203. The summed E-state index contributed by atoms with van der Waals surface area (Å²) in [6.07, 6.45) is 2.10. The van der Waals surface area contributed by atoms with Gasteiger partial charge in [0.25, 0.3) is 10.0 Å². The number of rotatable bonds is 5. The van der Waals surface area contributed by atoms with Crippen molar-refractivity contribution in [1.29, 1.82) is 0 Å². The Morgan fingerprint density at radius 2 is 1.71 bits per heavy atom. The van der Waals surface area contributed by atoms with E-state index in [2.05, 4.69) is 25.9 Å². The summed E-state index contributed by atoms with van der Waals surface area (Å²) in [5, 5.41) is 3.78. The molecule has 2 rings (SSSR count). The molecule has 2 aromatic rings. The third-order valence-corrected chi connectivity index (χ3v) is 4.60. The second kappa shape index (κ2) is 6.87. The maximum absolute atomic E-state index is 12.0. The fourth-order valence-electron chi connectivity index (χ4n) is 1.65. The lowest BCUT2D eigenvalue weighted by Crippen LogP contribution is -2.18. The van der Waals surface area contributed by atoms with Crippen LogP contribution in [0.5, 0.6) is 0 Å². The first kappa shape index (κ1) is 15.7. The van der Waals surface area contributed by atoms with Gasteiger partial charge in [-0.15, -0.1) is 0 Å². The molecule has 1 N–H and O–H groups in total. The molecule has 0 saturated heterocycles. The second-order valence-electron chi connectivity index (χ2n) is 4.55. The van der Waals surface area contributed by atoms with Gasteiger partial charge in [0.2, 0.25) is 0 Å².